The summed E-state index contributed by atoms with van der Waals surface area (Å²) in [6.45, 7) is 5.68. The maximum absolute atomic E-state index is 12.8. The molecule has 1 aliphatic heterocycles. The number of fused-ring (bicyclic) bond motifs is 1. The second-order valence-corrected chi connectivity index (χ2v) is 7.88. The van der Waals surface area contributed by atoms with E-state index in [1.165, 1.54) is 0 Å². The number of amides is 1. The van der Waals surface area contributed by atoms with Gasteiger partial charge in [-0.2, -0.15) is 0 Å². The molecule has 0 unspecified atom stereocenters. The number of carbonyl (C=O) groups excluding carboxylic acids is 1. The molecule has 0 saturated heterocycles. The average Bonchev–Trinajstić information content (AvgIpc) is 2.50. The van der Waals surface area contributed by atoms with E-state index >= 15 is 0 Å². The van der Waals surface area contributed by atoms with E-state index < -0.39 is 10.0 Å². The van der Waals surface area contributed by atoms with Crippen molar-refractivity contribution in [3.63, 3.8) is 0 Å². The molecule has 2 aromatic rings. The zero-order valence-corrected chi connectivity index (χ0v) is 14.8. The number of nitrogens with one attached hydrogen (secondary N) is 2. The SMILES string of the molecule is Cc1ccc(NS(=O)(=O)c2cc3c(cc2C)CCC(=O)N3)cc1C. The summed E-state index contributed by atoms with van der Waals surface area (Å²) >= 11 is 0. The van der Waals surface area contributed by atoms with Gasteiger partial charge in [-0.05, 0) is 67.6 Å². The van der Waals surface area contributed by atoms with E-state index in [4.69, 9.17) is 0 Å². The Morgan fingerprint density at radius 3 is 2.42 bits per heavy atom. The first-order valence-electron chi connectivity index (χ1n) is 7.80. The lowest BCUT2D eigenvalue weighted by atomic mass is 10.0. The fourth-order valence-electron chi connectivity index (χ4n) is 2.84. The van der Waals surface area contributed by atoms with Gasteiger partial charge in [0, 0.05) is 17.8 Å². The minimum absolute atomic E-state index is 0.0863. The zero-order valence-electron chi connectivity index (χ0n) is 13.9. The Bertz CT molecular complexity index is 934. The normalized spacial score (nSPS) is 14.0. The summed E-state index contributed by atoms with van der Waals surface area (Å²) in [5.41, 5.74) is 4.87. The lowest BCUT2D eigenvalue weighted by molar-refractivity contribution is -0.116. The van der Waals surface area contributed by atoms with Crippen molar-refractivity contribution in [1.82, 2.24) is 0 Å². The van der Waals surface area contributed by atoms with Gasteiger partial charge in [0.05, 0.1) is 4.90 Å². The molecule has 24 heavy (non-hydrogen) atoms. The van der Waals surface area contributed by atoms with E-state index in [1.54, 1.807) is 19.1 Å². The van der Waals surface area contributed by atoms with Crippen LogP contribution < -0.4 is 10.0 Å². The van der Waals surface area contributed by atoms with Gasteiger partial charge in [-0.25, -0.2) is 8.42 Å². The highest BCUT2D eigenvalue weighted by atomic mass is 32.2. The topological polar surface area (TPSA) is 75.3 Å². The van der Waals surface area contributed by atoms with Gasteiger partial charge in [0.25, 0.3) is 10.0 Å². The predicted molar refractivity (Wildman–Crippen MR) is 94.9 cm³/mol. The zero-order chi connectivity index (χ0) is 17.5. The molecular formula is C18H20N2O3S. The summed E-state index contributed by atoms with van der Waals surface area (Å²) in [6.07, 6.45) is 1.06. The molecule has 0 spiro atoms. The number of anilines is 2. The number of carbonyl (C=O) groups is 1. The number of hydrogen-bond acceptors (Lipinski definition) is 3. The molecule has 2 N–H and O–H groups in total. The standard InChI is InChI=1S/C18H20N2O3S/c1-11-4-6-15(9-12(11)2)20-24(22,23)17-10-16-14(8-13(17)3)5-7-18(21)19-16/h4,6,8-10,20H,5,7H2,1-3H3,(H,19,21). The fraction of sp³-hybridized carbons (Fsp3) is 0.278. The molecule has 0 aromatic heterocycles. The first-order chi connectivity index (χ1) is 11.3. The number of rotatable bonds is 3. The Balaban J connectivity index is 1.98. The van der Waals surface area contributed by atoms with Crippen molar-refractivity contribution in [3.05, 3.63) is 52.6 Å². The van der Waals surface area contributed by atoms with Gasteiger partial charge in [-0.3, -0.25) is 9.52 Å². The molecule has 0 radical (unpaired) electrons. The van der Waals surface area contributed by atoms with Gasteiger partial charge in [0.15, 0.2) is 0 Å². The highest BCUT2D eigenvalue weighted by Crippen LogP contribution is 2.30. The van der Waals surface area contributed by atoms with E-state index in [2.05, 4.69) is 10.0 Å². The summed E-state index contributed by atoms with van der Waals surface area (Å²) in [6, 6.07) is 8.82. The second kappa shape index (κ2) is 5.94. The molecule has 1 aliphatic rings. The van der Waals surface area contributed by atoms with Crippen LogP contribution in [0.25, 0.3) is 0 Å². The van der Waals surface area contributed by atoms with Crippen LogP contribution in [-0.2, 0) is 21.2 Å². The van der Waals surface area contributed by atoms with Crippen molar-refractivity contribution in [3.8, 4) is 0 Å². The third-order valence-corrected chi connectivity index (χ3v) is 5.87. The maximum Gasteiger partial charge on any atom is 0.262 e. The van der Waals surface area contributed by atoms with Gasteiger partial charge >= 0.3 is 0 Å². The third kappa shape index (κ3) is 3.14. The molecular weight excluding hydrogens is 324 g/mol. The molecule has 0 aliphatic carbocycles. The van der Waals surface area contributed by atoms with Crippen molar-refractivity contribution in [2.75, 3.05) is 10.0 Å². The molecule has 0 atom stereocenters. The molecule has 6 heteroatoms. The van der Waals surface area contributed by atoms with Crippen LogP contribution in [0.4, 0.5) is 11.4 Å². The van der Waals surface area contributed by atoms with Gasteiger partial charge in [0.1, 0.15) is 0 Å². The minimum Gasteiger partial charge on any atom is -0.326 e. The molecule has 126 valence electrons. The van der Waals surface area contributed by atoms with Crippen LogP contribution in [0.3, 0.4) is 0 Å². The smallest absolute Gasteiger partial charge is 0.262 e. The van der Waals surface area contributed by atoms with E-state index in [9.17, 15) is 13.2 Å². The summed E-state index contributed by atoms with van der Waals surface area (Å²) in [7, 11) is -3.73. The van der Waals surface area contributed by atoms with Crippen LogP contribution in [0.5, 0.6) is 0 Å². The Kier molecular flexibility index (Phi) is 4.09. The third-order valence-electron chi connectivity index (χ3n) is 4.34. The largest absolute Gasteiger partial charge is 0.326 e. The summed E-state index contributed by atoms with van der Waals surface area (Å²) < 4.78 is 28.1. The van der Waals surface area contributed by atoms with E-state index in [-0.39, 0.29) is 10.8 Å². The van der Waals surface area contributed by atoms with Gasteiger partial charge in [-0.1, -0.05) is 12.1 Å². The monoisotopic (exact) mass is 344 g/mol. The second-order valence-electron chi connectivity index (χ2n) is 6.23. The van der Waals surface area contributed by atoms with Crippen molar-refractivity contribution < 1.29 is 13.2 Å². The molecule has 1 amide bonds. The highest BCUT2D eigenvalue weighted by molar-refractivity contribution is 7.92. The molecule has 0 saturated carbocycles. The van der Waals surface area contributed by atoms with Gasteiger partial charge in [0.2, 0.25) is 5.91 Å². The average molecular weight is 344 g/mol. The summed E-state index contributed by atoms with van der Waals surface area (Å²) in [5, 5.41) is 2.75. The summed E-state index contributed by atoms with van der Waals surface area (Å²) in [4.78, 5) is 11.7. The first-order valence-corrected chi connectivity index (χ1v) is 9.28. The molecule has 3 rings (SSSR count). The van der Waals surface area contributed by atoms with Crippen molar-refractivity contribution in [2.24, 2.45) is 0 Å². The minimum atomic E-state index is -3.73. The van der Waals surface area contributed by atoms with Crippen molar-refractivity contribution >= 4 is 27.3 Å². The van der Waals surface area contributed by atoms with E-state index in [1.807, 2.05) is 32.0 Å². The quantitative estimate of drug-likeness (QED) is 0.897. The van der Waals surface area contributed by atoms with E-state index in [0.717, 1.165) is 16.7 Å². The number of benzene rings is 2. The predicted octanol–water partition coefficient (Wildman–Crippen LogP) is 3.30. The van der Waals surface area contributed by atoms with Crippen LogP contribution in [0.2, 0.25) is 0 Å². The Morgan fingerprint density at radius 1 is 0.958 bits per heavy atom. The first kappa shape index (κ1) is 16.5. The number of sulfonamides is 1. The Hall–Kier alpha value is -2.34. The molecule has 1 heterocycles. The summed E-state index contributed by atoms with van der Waals surface area (Å²) in [5.74, 6) is -0.0863. The molecule has 0 bridgehead atoms. The van der Waals surface area contributed by atoms with Crippen LogP contribution in [0.15, 0.2) is 35.2 Å². The van der Waals surface area contributed by atoms with Crippen LogP contribution >= 0.6 is 0 Å². The lowest BCUT2D eigenvalue weighted by Crippen LogP contribution is -2.21. The Morgan fingerprint density at radius 2 is 1.71 bits per heavy atom. The van der Waals surface area contributed by atoms with Crippen LogP contribution in [-0.4, -0.2) is 14.3 Å². The van der Waals surface area contributed by atoms with Gasteiger partial charge in [-0.15, -0.1) is 0 Å². The molecule has 2 aromatic carbocycles. The Labute approximate surface area is 142 Å². The maximum atomic E-state index is 12.8. The van der Waals surface area contributed by atoms with Crippen molar-refractivity contribution in [1.29, 1.82) is 0 Å². The molecule has 5 nitrogen and oxygen atoms in total. The molecule has 0 fully saturated rings. The fourth-order valence-corrected chi connectivity index (χ4v) is 4.14. The lowest BCUT2D eigenvalue weighted by Gasteiger charge is -2.20. The highest BCUT2D eigenvalue weighted by Gasteiger charge is 2.22. The van der Waals surface area contributed by atoms with E-state index in [0.29, 0.717) is 29.8 Å². The van der Waals surface area contributed by atoms with Crippen LogP contribution in [0, 0.1) is 20.8 Å². The number of aryl methyl sites for hydroxylation is 4. The van der Waals surface area contributed by atoms with Gasteiger partial charge < -0.3 is 5.32 Å². The number of hydrogen-bond donors (Lipinski definition) is 2. The van der Waals surface area contributed by atoms with Crippen molar-refractivity contribution in [2.45, 2.75) is 38.5 Å². The van der Waals surface area contributed by atoms with Crippen LogP contribution in [0.1, 0.15) is 28.7 Å².